The molecule has 3 nitrogen and oxygen atoms in total. The van der Waals surface area contributed by atoms with Crippen LogP contribution in [0.4, 0.5) is 0 Å². The zero-order chi connectivity index (χ0) is 12.6. The first-order valence-electron chi connectivity index (χ1n) is 5.78. The quantitative estimate of drug-likeness (QED) is 0.581. The Kier molecular flexibility index (Phi) is 2.77. The number of carbonyl (C=O) groups is 2. The van der Waals surface area contributed by atoms with E-state index in [1.54, 1.807) is 6.92 Å². The molecule has 0 bridgehead atoms. The van der Waals surface area contributed by atoms with Crippen LogP contribution in [-0.4, -0.2) is 17.9 Å². The van der Waals surface area contributed by atoms with Crippen LogP contribution in [0.1, 0.15) is 48.2 Å². The molecular weight excluding hydrogens is 216 g/mol. The lowest BCUT2D eigenvalue weighted by atomic mass is 9.88. The lowest BCUT2D eigenvalue weighted by Gasteiger charge is -2.30. The minimum atomic E-state index is -1.01. The molecule has 0 aliphatic carbocycles. The Balaban J connectivity index is 2.45. The predicted octanol–water partition coefficient (Wildman–Crippen LogP) is 2.48. The maximum atomic E-state index is 11.9. The first-order chi connectivity index (χ1) is 7.95. The molecule has 0 aromatic heterocycles. The van der Waals surface area contributed by atoms with Gasteiger partial charge < -0.3 is 4.74 Å². The minimum Gasteiger partial charge on any atom is -0.448 e. The smallest absolute Gasteiger partial charge is 0.339 e. The van der Waals surface area contributed by atoms with Crippen LogP contribution in [0.15, 0.2) is 18.2 Å². The summed E-state index contributed by atoms with van der Waals surface area (Å²) in [7, 11) is 0. The number of esters is 1. The summed E-state index contributed by atoms with van der Waals surface area (Å²) >= 11 is 0. The molecule has 0 saturated carbocycles. The van der Waals surface area contributed by atoms with Crippen molar-refractivity contribution in [2.45, 2.75) is 38.7 Å². The van der Waals surface area contributed by atoms with Crippen molar-refractivity contribution in [3.63, 3.8) is 0 Å². The van der Waals surface area contributed by atoms with Crippen molar-refractivity contribution in [3.05, 3.63) is 34.9 Å². The molecule has 0 fully saturated rings. The third kappa shape index (κ3) is 2.09. The van der Waals surface area contributed by atoms with Crippen molar-refractivity contribution in [3.8, 4) is 0 Å². The largest absolute Gasteiger partial charge is 0.448 e. The average molecular weight is 232 g/mol. The first-order valence-corrected chi connectivity index (χ1v) is 5.78. The molecule has 1 aromatic rings. The summed E-state index contributed by atoms with van der Waals surface area (Å²) in [5, 5.41) is 0. The molecule has 0 saturated heterocycles. The summed E-state index contributed by atoms with van der Waals surface area (Å²) in [4.78, 5) is 22.8. The topological polar surface area (TPSA) is 43.4 Å². The maximum absolute atomic E-state index is 11.9. The van der Waals surface area contributed by atoms with Gasteiger partial charge in [-0.25, -0.2) is 4.79 Å². The van der Waals surface area contributed by atoms with Gasteiger partial charge in [-0.15, -0.1) is 0 Å². The van der Waals surface area contributed by atoms with E-state index in [1.807, 2.05) is 18.2 Å². The van der Waals surface area contributed by atoms with E-state index >= 15 is 0 Å². The van der Waals surface area contributed by atoms with Crippen LogP contribution >= 0.6 is 0 Å². The standard InChI is InChI=1S/C14H16O3/c1-9(2)10-4-5-11-7-14(3,8-15)17-13(16)12(11)6-10/h4-6,8-9H,7H2,1-3H3. The lowest BCUT2D eigenvalue weighted by molar-refractivity contribution is -0.124. The fourth-order valence-electron chi connectivity index (χ4n) is 2.04. The Morgan fingerprint density at radius 3 is 2.71 bits per heavy atom. The molecule has 1 aliphatic rings. The van der Waals surface area contributed by atoms with E-state index in [-0.39, 0.29) is 0 Å². The number of rotatable bonds is 2. The number of hydrogen-bond acceptors (Lipinski definition) is 3. The van der Waals surface area contributed by atoms with Gasteiger partial charge in [-0.2, -0.15) is 0 Å². The molecular formula is C14H16O3. The highest BCUT2D eigenvalue weighted by molar-refractivity contribution is 5.94. The number of fused-ring (bicyclic) bond motifs is 1. The predicted molar refractivity (Wildman–Crippen MR) is 64.1 cm³/mol. The molecule has 1 heterocycles. The molecule has 1 aliphatic heterocycles. The maximum Gasteiger partial charge on any atom is 0.339 e. The van der Waals surface area contributed by atoms with Gasteiger partial charge in [-0.05, 0) is 30.0 Å². The lowest BCUT2D eigenvalue weighted by Crippen LogP contribution is -2.40. The monoisotopic (exact) mass is 232 g/mol. The third-order valence-electron chi connectivity index (χ3n) is 3.14. The molecule has 1 atom stereocenters. The molecule has 90 valence electrons. The minimum absolute atomic E-state index is 0.368. The van der Waals surface area contributed by atoms with E-state index < -0.39 is 11.6 Å². The van der Waals surface area contributed by atoms with E-state index in [0.717, 1.165) is 11.1 Å². The SMILES string of the molecule is CC(C)c1ccc2c(c1)C(=O)OC(C)(C=O)C2. The summed E-state index contributed by atoms with van der Waals surface area (Å²) in [6.07, 6.45) is 1.15. The molecule has 0 radical (unpaired) electrons. The summed E-state index contributed by atoms with van der Waals surface area (Å²) in [6.45, 7) is 5.79. The Morgan fingerprint density at radius 1 is 1.41 bits per heavy atom. The first kappa shape index (κ1) is 11.8. The van der Waals surface area contributed by atoms with Crippen LogP contribution in [0.3, 0.4) is 0 Å². The van der Waals surface area contributed by atoms with Crippen molar-refractivity contribution in [2.24, 2.45) is 0 Å². The number of hydrogen-bond donors (Lipinski definition) is 0. The molecule has 3 heteroatoms. The van der Waals surface area contributed by atoms with Gasteiger partial charge in [-0.1, -0.05) is 26.0 Å². The van der Waals surface area contributed by atoms with Crippen LogP contribution < -0.4 is 0 Å². The molecule has 0 N–H and O–H groups in total. The number of aldehydes is 1. The van der Waals surface area contributed by atoms with E-state index in [2.05, 4.69) is 13.8 Å². The van der Waals surface area contributed by atoms with Gasteiger partial charge in [0.2, 0.25) is 0 Å². The molecule has 0 amide bonds. The zero-order valence-corrected chi connectivity index (χ0v) is 10.3. The van der Waals surface area contributed by atoms with Crippen molar-refractivity contribution >= 4 is 12.3 Å². The van der Waals surface area contributed by atoms with Crippen LogP contribution in [0.5, 0.6) is 0 Å². The molecule has 0 spiro atoms. The van der Waals surface area contributed by atoms with Crippen LogP contribution in [0.2, 0.25) is 0 Å². The van der Waals surface area contributed by atoms with Gasteiger partial charge in [0.05, 0.1) is 5.56 Å². The summed E-state index contributed by atoms with van der Waals surface area (Å²) in [5.41, 5.74) is 1.58. The summed E-state index contributed by atoms with van der Waals surface area (Å²) in [6, 6.07) is 5.80. The molecule has 17 heavy (non-hydrogen) atoms. The second-order valence-electron chi connectivity index (χ2n) is 5.07. The van der Waals surface area contributed by atoms with Crippen molar-refractivity contribution in [1.29, 1.82) is 0 Å². The second-order valence-corrected chi connectivity index (χ2v) is 5.07. The second kappa shape index (κ2) is 3.99. The van der Waals surface area contributed by atoms with Gasteiger partial charge >= 0.3 is 5.97 Å². The van der Waals surface area contributed by atoms with Crippen LogP contribution in [0.25, 0.3) is 0 Å². The number of benzene rings is 1. The molecule has 1 aromatic carbocycles. The van der Waals surface area contributed by atoms with Gasteiger partial charge in [0.1, 0.15) is 0 Å². The fourth-order valence-corrected chi connectivity index (χ4v) is 2.04. The van der Waals surface area contributed by atoms with E-state index in [9.17, 15) is 9.59 Å². The van der Waals surface area contributed by atoms with E-state index in [4.69, 9.17) is 4.74 Å². The van der Waals surface area contributed by atoms with Crippen molar-refractivity contribution in [1.82, 2.24) is 0 Å². The Morgan fingerprint density at radius 2 is 2.12 bits per heavy atom. The van der Waals surface area contributed by atoms with Crippen molar-refractivity contribution in [2.75, 3.05) is 0 Å². The van der Waals surface area contributed by atoms with Crippen LogP contribution in [-0.2, 0) is 16.0 Å². The zero-order valence-electron chi connectivity index (χ0n) is 10.3. The summed E-state index contributed by atoms with van der Waals surface area (Å²) < 4.78 is 5.18. The van der Waals surface area contributed by atoms with Gasteiger partial charge in [0, 0.05) is 6.42 Å². The Bertz CT molecular complexity index is 476. The fraction of sp³-hybridized carbons (Fsp3) is 0.429. The van der Waals surface area contributed by atoms with Gasteiger partial charge in [0.15, 0.2) is 11.9 Å². The molecule has 1 unspecified atom stereocenters. The Labute approximate surface area is 101 Å². The summed E-state index contributed by atoms with van der Waals surface area (Å²) in [5.74, 6) is -0.0316. The molecule has 2 rings (SSSR count). The highest BCUT2D eigenvalue weighted by atomic mass is 16.6. The number of cyclic esters (lactones) is 1. The van der Waals surface area contributed by atoms with Gasteiger partial charge in [-0.3, -0.25) is 4.79 Å². The third-order valence-corrected chi connectivity index (χ3v) is 3.14. The van der Waals surface area contributed by atoms with E-state index in [1.165, 1.54) is 0 Å². The Hall–Kier alpha value is -1.64. The normalized spacial score (nSPS) is 23.2. The average Bonchev–Trinajstić information content (AvgIpc) is 2.28. The number of ether oxygens (including phenoxy) is 1. The highest BCUT2D eigenvalue weighted by Crippen LogP contribution is 2.29. The van der Waals surface area contributed by atoms with Crippen molar-refractivity contribution < 1.29 is 14.3 Å². The van der Waals surface area contributed by atoms with Gasteiger partial charge in [0.25, 0.3) is 0 Å². The van der Waals surface area contributed by atoms with E-state index in [0.29, 0.717) is 24.2 Å². The van der Waals surface area contributed by atoms with Crippen LogP contribution in [0, 0.1) is 0 Å². The number of carbonyl (C=O) groups excluding carboxylic acids is 2. The highest BCUT2D eigenvalue weighted by Gasteiger charge is 2.36.